The fourth-order valence-electron chi connectivity index (χ4n) is 1.01. The highest BCUT2D eigenvalue weighted by Crippen LogP contribution is 2.24. The van der Waals surface area contributed by atoms with E-state index in [4.69, 9.17) is 10.1 Å². The van der Waals surface area contributed by atoms with Crippen molar-refractivity contribution in [2.45, 2.75) is 18.9 Å². The highest BCUT2D eigenvalue weighted by Gasteiger charge is 2.24. The Hall–Kier alpha value is -1.31. The summed E-state index contributed by atoms with van der Waals surface area (Å²) in [6.45, 7) is 0. The summed E-state index contributed by atoms with van der Waals surface area (Å²) in [7, 11) is 0. The van der Waals surface area contributed by atoms with Gasteiger partial charge in [0, 0.05) is 5.56 Å². The van der Waals surface area contributed by atoms with Crippen molar-refractivity contribution in [2.75, 3.05) is 0 Å². The first kappa shape index (κ1) is 7.35. The van der Waals surface area contributed by atoms with E-state index in [9.17, 15) is 0 Å². The summed E-state index contributed by atoms with van der Waals surface area (Å²) in [6, 6.07) is 9.56. The molecule has 1 saturated carbocycles. The van der Waals surface area contributed by atoms with Crippen molar-refractivity contribution in [2.24, 2.45) is 0 Å². The molecule has 1 aromatic carbocycles. The van der Waals surface area contributed by atoms with Crippen molar-refractivity contribution in [1.29, 1.82) is 5.41 Å². The topological polar surface area (TPSA) is 33.1 Å². The molecule has 0 atom stereocenters. The third-order valence-electron chi connectivity index (χ3n) is 1.84. The Kier molecular flexibility index (Phi) is 1.82. The summed E-state index contributed by atoms with van der Waals surface area (Å²) in [6.07, 6.45) is 2.53. The minimum absolute atomic E-state index is 0.304. The fourth-order valence-corrected chi connectivity index (χ4v) is 1.01. The molecule has 1 fully saturated rings. The fraction of sp³-hybridized carbons (Fsp3) is 0.300. The van der Waals surface area contributed by atoms with Gasteiger partial charge in [-0.25, -0.2) is 0 Å². The molecule has 0 saturated heterocycles. The molecule has 0 bridgehead atoms. The first-order valence-corrected chi connectivity index (χ1v) is 4.17. The lowest BCUT2D eigenvalue weighted by molar-refractivity contribution is 0.288. The Morgan fingerprint density at radius 3 is 2.50 bits per heavy atom. The molecular formula is C10H11NO. The van der Waals surface area contributed by atoms with E-state index in [2.05, 4.69) is 0 Å². The summed E-state index contributed by atoms with van der Waals surface area (Å²) < 4.78 is 5.33. The van der Waals surface area contributed by atoms with Crippen LogP contribution in [-0.2, 0) is 4.74 Å². The maximum absolute atomic E-state index is 7.58. The van der Waals surface area contributed by atoms with Gasteiger partial charge in [-0.2, -0.15) is 0 Å². The summed E-state index contributed by atoms with van der Waals surface area (Å²) in [5, 5.41) is 7.58. The number of rotatable bonds is 2. The van der Waals surface area contributed by atoms with E-state index in [0.29, 0.717) is 12.0 Å². The molecule has 62 valence electrons. The lowest BCUT2D eigenvalue weighted by Gasteiger charge is -2.04. The molecule has 0 amide bonds. The van der Waals surface area contributed by atoms with Crippen molar-refractivity contribution in [3.8, 4) is 0 Å². The molecule has 0 unspecified atom stereocenters. The monoisotopic (exact) mass is 161 g/mol. The lowest BCUT2D eigenvalue weighted by Crippen LogP contribution is -2.05. The molecule has 12 heavy (non-hydrogen) atoms. The van der Waals surface area contributed by atoms with Crippen LogP contribution in [0.25, 0.3) is 0 Å². The van der Waals surface area contributed by atoms with Crippen molar-refractivity contribution in [1.82, 2.24) is 0 Å². The Balaban J connectivity index is 2.03. The molecule has 2 rings (SSSR count). The van der Waals surface area contributed by atoms with Gasteiger partial charge in [0.05, 0.1) is 0 Å². The van der Waals surface area contributed by atoms with Crippen LogP contribution in [0.4, 0.5) is 0 Å². The summed E-state index contributed by atoms with van der Waals surface area (Å²) in [4.78, 5) is 0. The second-order valence-electron chi connectivity index (χ2n) is 3.01. The highest BCUT2D eigenvalue weighted by molar-refractivity contribution is 5.91. The minimum Gasteiger partial charge on any atom is -0.474 e. The van der Waals surface area contributed by atoms with Gasteiger partial charge >= 0.3 is 0 Å². The molecule has 1 aliphatic rings. The highest BCUT2D eigenvalue weighted by atomic mass is 16.5. The van der Waals surface area contributed by atoms with Gasteiger partial charge < -0.3 is 4.74 Å². The average Bonchev–Trinajstić information content (AvgIpc) is 2.90. The standard InChI is InChI=1S/C10H11NO/c11-10(12-9-6-7-9)8-4-2-1-3-5-8/h1-5,9,11H,6-7H2. The van der Waals surface area contributed by atoms with Gasteiger partial charge in [0.2, 0.25) is 5.90 Å². The molecule has 2 heteroatoms. The second-order valence-corrected chi connectivity index (χ2v) is 3.01. The van der Waals surface area contributed by atoms with E-state index in [0.717, 1.165) is 18.4 Å². The van der Waals surface area contributed by atoms with Gasteiger partial charge in [-0.15, -0.1) is 0 Å². The number of ether oxygens (including phenoxy) is 1. The Labute approximate surface area is 71.7 Å². The van der Waals surface area contributed by atoms with E-state index in [-0.39, 0.29) is 0 Å². The van der Waals surface area contributed by atoms with Gasteiger partial charge in [-0.05, 0) is 25.0 Å². The van der Waals surface area contributed by atoms with E-state index >= 15 is 0 Å². The maximum atomic E-state index is 7.58. The SMILES string of the molecule is N=C(OC1CC1)c1ccccc1. The molecule has 1 aliphatic carbocycles. The van der Waals surface area contributed by atoms with Crippen LogP contribution >= 0.6 is 0 Å². The van der Waals surface area contributed by atoms with Crippen molar-refractivity contribution in [3.63, 3.8) is 0 Å². The zero-order valence-corrected chi connectivity index (χ0v) is 6.79. The normalized spacial score (nSPS) is 15.7. The van der Waals surface area contributed by atoms with Gasteiger partial charge in [-0.3, -0.25) is 5.41 Å². The Morgan fingerprint density at radius 1 is 1.25 bits per heavy atom. The van der Waals surface area contributed by atoms with E-state index < -0.39 is 0 Å². The van der Waals surface area contributed by atoms with Crippen LogP contribution in [0.1, 0.15) is 18.4 Å². The Morgan fingerprint density at radius 2 is 1.92 bits per heavy atom. The molecule has 0 radical (unpaired) electrons. The zero-order valence-electron chi connectivity index (χ0n) is 6.79. The van der Waals surface area contributed by atoms with Gasteiger partial charge in [0.1, 0.15) is 6.10 Å². The third-order valence-corrected chi connectivity index (χ3v) is 1.84. The first-order chi connectivity index (χ1) is 5.86. The number of hydrogen-bond acceptors (Lipinski definition) is 2. The van der Waals surface area contributed by atoms with Gasteiger partial charge in [0.25, 0.3) is 0 Å². The average molecular weight is 161 g/mol. The number of nitrogens with one attached hydrogen (secondary N) is 1. The number of benzene rings is 1. The van der Waals surface area contributed by atoms with Crippen LogP contribution in [0.5, 0.6) is 0 Å². The van der Waals surface area contributed by atoms with Crippen LogP contribution in [0.15, 0.2) is 30.3 Å². The molecule has 0 heterocycles. The molecule has 1 aromatic rings. The quantitative estimate of drug-likeness (QED) is 0.523. The van der Waals surface area contributed by atoms with Crippen LogP contribution in [0.2, 0.25) is 0 Å². The van der Waals surface area contributed by atoms with Crippen molar-refractivity contribution in [3.05, 3.63) is 35.9 Å². The zero-order chi connectivity index (χ0) is 8.39. The maximum Gasteiger partial charge on any atom is 0.213 e. The summed E-state index contributed by atoms with van der Waals surface area (Å²) in [5.41, 5.74) is 0.865. The van der Waals surface area contributed by atoms with Crippen molar-refractivity contribution < 1.29 is 4.74 Å². The largest absolute Gasteiger partial charge is 0.474 e. The third kappa shape index (κ3) is 1.64. The van der Waals surface area contributed by atoms with Crippen LogP contribution in [0, 0.1) is 5.41 Å². The van der Waals surface area contributed by atoms with Crippen LogP contribution in [-0.4, -0.2) is 12.0 Å². The first-order valence-electron chi connectivity index (χ1n) is 4.17. The lowest BCUT2D eigenvalue weighted by atomic mass is 10.2. The number of hydrogen-bond donors (Lipinski definition) is 1. The molecule has 2 nitrogen and oxygen atoms in total. The molecule has 0 spiro atoms. The van der Waals surface area contributed by atoms with Gasteiger partial charge in [0.15, 0.2) is 0 Å². The molecule has 0 aromatic heterocycles. The van der Waals surface area contributed by atoms with Crippen LogP contribution in [0.3, 0.4) is 0 Å². The minimum atomic E-state index is 0.304. The van der Waals surface area contributed by atoms with Crippen LogP contribution < -0.4 is 0 Å². The van der Waals surface area contributed by atoms with E-state index in [1.54, 1.807) is 0 Å². The Bertz CT molecular complexity index is 277. The molecule has 1 N–H and O–H groups in total. The van der Waals surface area contributed by atoms with E-state index in [1.807, 2.05) is 30.3 Å². The second kappa shape index (κ2) is 2.97. The molecular weight excluding hydrogens is 150 g/mol. The predicted molar refractivity (Wildman–Crippen MR) is 47.4 cm³/mol. The predicted octanol–water partition coefficient (Wildman–Crippen LogP) is 2.19. The summed E-state index contributed by atoms with van der Waals surface area (Å²) in [5.74, 6) is 0.304. The van der Waals surface area contributed by atoms with Gasteiger partial charge in [-0.1, -0.05) is 18.2 Å². The molecule has 0 aliphatic heterocycles. The van der Waals surface area contributed by atoms with E-state index in [1.165, 1.54) is 0 Å². The summed E-state index contributed by atoms with van der Waals surface area (Å²) >= 11 is 0. The smallest absolute Gasteiger partial charge is 0.213 e. The van der Waals surface area contributed by atoms with Crippen molar-refractivity contribution >= 4 is 5.90 Å².